The van der Waals surface area contributed by atoms with Crippen molar-refractivity contribution >= 4 is 5.78 Å². The van der Waals surface area contributed by atoms with Gasteiger partial charge in [-0.2, -0.15) is 0 Å². The van der Waals surface area contributed by atoms with Gasteiger partial charge < -0.3 is 19.5 Å². The van der Waals surface area contributed by atoms with E-state index in [1.165, 1.54) is 11.1 Å². The van der Waals surface area contributed by atoms with Crippen molar-refractivity contribution < 1.29 is 19.0 Å². The van der Waals surface area contributed by atoms with E-state index in [0.29, 0.717) is 6.42 Å². The fourth-order valence-electron chi connectivity index (χ4n) is 6.30. The SMILES string of the molecule is COc1ccc2c3c1O[C@H]1C(=O)C[C@@H](C)[C@@]4(OC)[C@@H](C2)NCC[C@]314. The van der Waals surface area contributed by atoms with Crippen LogP contribution in [0.1, 0.15) is 30.9 Å². The van der Waals surface area contributed by atoms with Crippen molar-refractivity contribution in [3.63, 3.8) is 0 Å². The molecule has 2 fully saturated rings. The Morgan fingerprint density at radius 1 is 1.29 bits per heavy atom. The number of ether oxygens (including phenoxy) is 3. The Balaban J connectivity index is 1.88. The monoisotopic (exact) mass is 329 g/mol. The number of methoxy groups -OCH3 is 2. The third kappa shape index (κ3) is 1.32. The van der Waals surface area contributed by atoms with Gasteiger partial charge in [0.15, 0.2) is 23.4 Å². The zero-order chi connectivity index (χ0) is 16.7. The fourth-order valence-corrected chi connectivity index (χ4v) is 6.30. The highest BCUT2D eigenvalue weighted by molar-refractivity contribution is 5.90. The van der Waals surface area contributed by atoms with E-state index in [1.54, 1.807) is 14.2 Å². The van der Waals surface area contributed by atoms with Crippen LogP contribution >= 0.6 is 0 Å². The average molecular weight is 329 g/mol. The number of carbonyl (C=O) groups is 1. The third-order valence-corrected chi connectivity index (χ3v) is 6.98. The van der Waals surface area contributed by atoms with E-state index >= 15 is 0 Å². The Labute approximate surface area is 141 Å². The number of piperidine rings is 1. The number of ketones is 1. The maximum atomic E-state index is 12.9. The van der Waals surface area contributed by atoms with Gasteiger partial charge in [-0.25, -0.2) is 0 Å². The molecule has 0 radical (unpaired) electrons. The summed E-state index contributed by atoms with van der Waals surface area (Å²) < 4.78 is 18.2. The molecule has 5 rings (SSSR count). The quantitative estimate of drug-likeness (QED) is 0.893. The molecule has 5 nitrogen and oxygen atoms in total. The molecular formula is C19H23NO4. The summed E-state index contributed by atoms with van der Waals surface area (Å²) in [4.78, 5) is 12.9. The second-order valence-electron chi connectivity index (χ2n) is 7.63. The maximum absolute atomic E-state index is 12.9. The lowest BCUT2D eigenvalue weighted by molar-refractivity contribution is -0.198. The van der Waals surface area contributed by atoms with Crippen LogP contribution < -0.4 is 14.8 Å². The van der Waals surface area contributed by atoms with Crippen molar-refractivity contribution in [3.8, 4) is 11.5 Å². The lowest BCUT2D eigenvalue weighted by Crippen LogP contribution is -2.79. The maximum Gasteiger partial charge on any atom is 0.174 e. The second-order valence-corrected chi connectivity index (χ2v) is 7.63. The molecule has 0 aromatic heterocycles. The van der Waals surface area contributed by atoms with Crippen molar-refractivity contribution in [1.29, 1.82) is 0 Å². The number of Topliss-reactive ketones (excluding diaryl/α,β-unsaturated/α-hetero) is 1. The van der Waals surface area contributed by atoms with Crippen LogP contribution in [-0.4, -0.2) is 44.3 Å². The summed E-state index contributed by atoms with van der Waals surface area (Å²) in [6.45, 7) is 3.04. The standard InChI is InChI=1S/C19H23NO4/c1-10-8-12(21)17-18-6-7-20-14(19(10,18)23-3)9-11-4-5-13(22-2)16(24-17)15(11)18/h4-5,10,14,17,20H,6-9H2,1-3H3/t10-,14-,17+,18+,19-/m1/s1. The largest absolute Gasteiger partial charge is 0.493 e. The van der Waals surface area contributed by atoms with E-state index in [1.807, 2.05) is 6.07 Å². The van der Waals surface area contributed by atoms with E-state index in [-0.39, 0.29) is 17.7 Å². The van der Waals surface area contributed by atoms with Crippen LogP contribution in [0.4, 0.5) is 0 Å². The van der Waals surface area contributed by atoms with Gasteiger partial charge in [0, 0.05) is 25.1 Å². The first-order valence-electron chi connectivity index (χ1n) is 8.78. The summed E-state index contributed by atoms with van der Waals surface area (Å²) in [5, 5.41) is 3.67. The van der Waals surface area contributed by atoms with E-state index in [0.717, 1.165) is 30.9 Å². The number of carbonyl (C=O) groups excluding carboxylic acids is 1. The first-order chi connectivity index (χ1) is 11.6. The predicted molar refractivity (Wildman–Crippen MR) is 87.7 cm³/mol. The highest BCUT2D eigenvalue weighted by atomic mass is 16.5. The van der Waals surface area contributed by atoms with Gasteiger partial charge in [0.25, 0.3) is 0 Å². The van der Waals surface area contributed by atoms with Crippen LogP contribution in [0, 0.1) is 5.92 Å². The van der Waals surface area contributed by atoms with Crippen LogP contribution in [0.2, 0.25) is 0 Å². The molecule has 5 heteroatoms. The number of rotatable bonds is 2. The van der Waals surface area contributed by atoms with Gasteiger partial charge in [0.05, 0.1) is 12.5 Å². The molecule has 1 N–H and O–H groups in total. The lowest BCUT2D eigenvalue weighted by atomic mass is 9.46. The Hall–Kier alpha value is -1.59. The van der Waals surface area contributed by atoms with Crippen molar-refractivity contribution in [2.45, 2.75) is 49.3 Å². The molecule has 5 atom stereocenters. The number of benzene rings is 1. The van der Waals surface area contributed by atoms with Crippen molar-refractivity contribution in [2.24, 2.45) is 5.92 Å². The third-order valence-electron chi connectivity index (χ3n) is 6.98. The van der Waals surface area contributed by atoms with Gasteiger partial charge in [-0.3, -0.25) is 4.79 Å². The highest BCUT2D eigenvalue weighted by Crippen LogP contribution is 2.65. The summed E-state index contributed by atoms with van der Waals surface area (Å²) >= 11 is 0. The molecule has 2 bridgehead atoms. The minimum Gasteiger partial charge on any atom is -0.493 e. The normalized spacial score (nSPS) is 41.6. The smallest absolute Gasteiger partial charge is 0.174 e. The zero-order valence-corrected chi connectivity index (χ0v) is 14.3. The zero-order valence-electron chi connectivity index (χ0n) is 14.3. The van der Waals surface area contributed by atoms with Crippen LogP contribution in [0.25, 0.3) is 0 Å². The van der Waals surface area contributed by atoms with Crippen molar-refractivity contribution in [2.75, 3.05) is 20.8 Å². The first-order valence-corrected chi connectivity index (χ1v) is 8.78. The predicted octanol–water partition coefficient (Wildman–Crippen LogP) is 1.61. The molecule has 2 aliphatic heterocycles. The van der Waals surface area contributed by atoms with Crippen LogP contribution in [-0.2, 0) is 21.4 Å². The molecule has 4 aliphatic rings. The van der Waals surface area contributed by atoms with Gasteiger partial charge in [-0.1, -0.05) is 13.0 Å². The molecule has 128 valence electrons. The van der Waals surface area contributed by atoms with Crippen LogP contribution in [0.5, 0.6) is 11.5 Å². The Morgan fingerprint density at radius 3 is 2.88 bits per heavy atom. The van der Waals surface area contributed by atoms with E-state index < -0.39 is 17.1 Å². The molecule has 1 saturated heterocycles. The molecule has 1 saturated carbocycles. The van der Waals surface area contributed by atoms with E-state index in [9.17, 15) is 4.79 Å². The van der Waals surface area contributed by atoms with Gasteiger partial charge in [-0.05, 0) is 36.9 Å². The summed E-state index contributed by atoms with van der Waals surface area (Å²) in [5.41, 5.74) is 1.63. The molecule has 0 unspecified atom stereocenters. The van der Waals surface area contributed by atoms with Gasteiger partial charge in [0.2, 0.25) is 0 Å². The van der Waals surface area contributed by atoms with Crippen molar-refractivity contribution in [3.05, 3.63) is 23.3 Å². The Bertz CT molecular complexity index is 747. The molecule has 1 aromatic rings. The fraction of sp³-hybridized carbons (Fsp3) is 0.632. The highest BCUT2D eigenvalue weighted by Gasteiger charge is 2.74. The summed E-state index contributed by atoms with van der Waals surface area (Å²) in [6, 6.07) is 4.30. The lowest BCUT2D eigenvalue weighted by Gasteiger charge is -2.63. The molecule has 2 aliphatic carbocycles. The van der Waals surface area contributed by atoms with Gasteiger partial charge in [0.1, 0.15) is 5.60 Å². The molecular weight excluding hydrogens is 306 g/mol. The van der Waals surface area contributed by atoms with Crippen molar-refractivity contribution in [1.82, 2.24) is 5.32 Å². The Morgan fingerprint density at radius 2 is 2.12 bits per heavy atom. The minimum absolute atomic E-state index is 0.151. The van der Waals surface area contributed by atoms with E-state index in [2.05, 4.69) is 18.3 Å². The summed E-state index contributed by atoms with van der Waals surface area (Å²) in [6.07, 6.45) is 1.80. The number of nitrogens with one attached hydrogen (secondary N) is 1. The Kier molecular flexibility index (Phi) is 2.78. The van der Waals surface area contributed by atoms with Crippen LogP contribution in [0.15, 0.2) is 12.1 Å². The summed E-state index contributed by atoms with van der Waals surface area (Å²) in [7, 11) is 3.46. The second kappa shape index (κ2) is 4.52. The molecule has 1 aromatic carbocycles. The molecule has 2 heterocycles. The van der Waals surface area contributed by atoms with Gasteiger partial charge >= 0.3 is 0 Å². The minimum atomic E-state index is -0.455. The van der Waals surface area contributed by atoms with E-state index in [4.69, 9.17) is 14.2 Å². The first kappa shape index (κ1) is 14.7. The average Bonchev–Trinajstić information content (AvgIpc) is 2.91. The topological polar surface area (TPSA) is 56.8 Å². The molecule has 1 spiro atoms. The molecule has 24 heavy (non-hydrogen) atoms. The number of hydrogen-bond donors (Lipinski definition) is 1. The van der Waals surface area contributed by atoms with Gasteiger partial charge in [-0.15, -0.1) is 0 Å². The summed E-state index contributed by atoms with van der Waals surface area (Å²) in [5.74, 6) is 1.84. The van der Waals surface area contributed by atoms with Crippen LogP contribution in [0.3, 0.4) is 0 Å². The molecule has 0 amide bonds. The number of hydrogen-bond acceptors (Lipinski definition) is 5.